The number of halogens is 1. The minimum Gasteiger partial charge on any atom is -0.486 e. The van der Waals surface area contributed by atoms with Gasteiger partial charge in [-0.15, -0.1) is 11.3 Å². The van der Waals surface area contributed by atoms with Gasteiger partial charge in [0.1, 0.15) is 0 Å². The van der Waals surface area contributed by atoms with Crippen molar-refractivity contribution in [1.29, 1.82) is 0 Å². The maximum Gasteiger partial charge on any atom is 0.188 e. The molecule has 0 aromatic carbocycles. The zero-order chi connectivity index (χ0) is 11.6. The molecule has 1 heterocycles. The zero-order valence-electron chi connectivity index (χ0n) is 9.81. The molecule has 2 rings (SSSR count). The van der Waals surface area contributed by atoms with Crippen molar-refractivity contribution < 1.29 is 4.74 Å². The van der Waals surface area contributed by atoms with Gasteiger partial charge in [-0.3, -0.25) is 0 Å². The highest BCUT2D eigenvalue weighted by Gasteiger charge is 2.34. The number of hydrogen-bond donors (Lipinski definition) is 1. The van der Waals surface area contributed by atoms with Gasteiger partial charge in [-0.2, -0.15) is 0 Å². The summed E-state index contributed by atoms with van der Waals surface area (Å²) >= 11 is 5.22. The monoisotopic (exact) mass is 303 g/mol. The van der Waals surface area contributed by atoms with E-state index in [9.17, 15) is 0 Å². The lowest BCUT2D eigenvalue weighted by Crippen LogP contribution is -2.49. The van der Waals surface area contributed by atoms with Crippen LogP contribution in [0.2, 0.25) is 0 Å². The minimum atomic E-state index is 0.420. The third-order valence-electron chi connectivity index (χ3n) is 3.52. The molecule has 0 radical (unpaired) electrons. The molecule has 0 unspecified atom stereocenters. The largest absolute Gasteiger partial charge is 0.486 e. The van der Waals surface area contributed by atoms with Gasteiger partial charge in [0.05, 0.1) is 11.6 Å². The molecule has 16 heavy (non-hydrogen) atoms. The van der Waals surface area contributed by atoms with Gasteiger partial charge in [-0.25, -0.2) is 0 Å². The van der Waals surface area contributed by atoms with Crippen molar-refractivity contribution in [3.8, 4) is 5.06 Å². The molecule has 0 saturated heterocycles. The van der Waals surface area contributed by atoms with Crippen molar-refractivity contribution >= 4 is 27.3 Å². The summed E-state index contributed by atoms with van der Waals surface area (Å²) in [6.07, 6.45) is 5.26. The van der Waals surface area contributed by atoms with Gasteiger partial charge in [-0.05, 0) is 47.7 Å². The summed E-state index contributed by atoms with van der Waals surface area (Å²) in [6.45, 7) is 3.23. The molecule has 2 nitrogen and oxygen atoms in total. The summed E-state index contributed by atoms with van der Waals surface area (Å²) in [5, 5.41) is 4.67. The van der Waals surface area contributed by atoms with Crippen LogP contribution in [0.25, 0.3) is 0 Å². The van der Waals surface area contributed by atoms with Gasteiger partial charge < -0.3 is 10.1 Å². The maximum absolute atomic E-state index is 5.27. The highest BCUT2D eigenvalue weighted by atomic mass is 79.9. The second-order valence-electron chi connectivity index (χ2n) is 4.39. The molecule has 1 aromatic rings. The third-order valence-corrected chi connectivity index (χ3v) is 5.46. The molecule has 0 atom stereocenters. The first-order valence-electron chi connectivity index (χ1n) is 5.76. The van der Waals surface area contributed by atoms with Crippen molar-refractivity contribution in [3.05, 3.63) is 15.4 Å². The standard InChI is InChI=1S/C12H18BrNOS/c1-3-12(5-4-6-12)14-8-9-7-10(13)11(15-2)16-9/h7,14H,3-6,8H2,1-2H3. The number of ether oxygens (including phenoxy) is 1. The summed E-state index contributed by atoms with van der Waals surface area (Å²) in [5.74, 6) is 0. The molecule has 1 saturated carbocycles. The predicted molar refractivity (Wildman–Crippen MR) is 72.3 cm³/mol. The van der Waals surface area contributed by atoms with Gasteiger partial charge in [0.25, 0.3) is 0 Å². The van der Waals surface area contributed by atoms with Crippen molar-refractivity contribution in [2.24, 2.45) is 0 Å². The summed E-state index contributed by atoms with van der Waals surface area (Å²) in [7, 11) is 1.72. The average molecular weight is 304 g/mol. The van der Waals surface area contributed by atoms with E-state index in [1.165, 1.54) is 30.6 Å². The lowest BCUT2D eigenvalue weighted by atomic mass is 9.75. The molecule has 90 valence electrons. The number of hydrogen-bond acceptors (Lipinski definition) is 3. The van der Waals surface area contributed by atoms with Crippen LogP contribution in [0.5, 0.6) is 5.06 Å². The third kappa shape index (κ3) is 2.44. The Morgan fingerprint density at radius 2 is 2.31 bits per heavy atom. The van der Waals surface area contributed by atoms with Gasteiger partial charge >= 0.3 is 0 Å². The Morgan fingerprint density at radius 3 is 2.75 bits per heavy atom. The van der Waals surface area contributed by atoms with E-state index >= 15 is 0 Å². The number of methoxy groups -OCH3 is 1. The Kier molecular flexibility index (Phi) is 3.93. The van der Waals surface area contributed by atoms with E-state index < -0.39 is 0 Å². The van der Waals surface area contributed by atoms with Crippen molar-refractivity contribution in [2.45, 2.75) is 44.7 Å². The molecule has 0 amide bonds. The maximum atomic E-state index is 5.27. The molecule has 1 N–H and O–H groups in total. The Labute approximate surface area is 110 Å². The molecular weight excluding hydrogens is 286 g/mol. The fourth-order valence-corrected chi connectivity index (χ4v) is 3.79. The fourth-order valence-electron chi connectivity index (χ4n) is 2.16. The molecular formula is C12H18BrNOS. The fraction of sp³-hybridized carbons (Fsp3) is 0.667. The molecule has 1 aromatic heterocycles. The lowest BCUT2D eigenvalue weighted by molar-refractivity contribution is 0.176. The van der Waals surface area contributed by atoms with Gasteiger partial charge in [0.2, 0.25) is 0 Å². The number of thiophene rings is 1. The van der Waals surface area contributed by atoms with Crippen molar-refractivity contribution in [3.63, 3.8) is 0 Å². The molecule has 1 fully saturated rings. The van der Waals surface area contributed by atoms with Crippen LogP contribution in [0.1, 0.15) is 37.5 Å². The number of nitrogens with one attached hydrogen (secondary N) is 1. The quantitative estimate of drug-likeness (QED) is 0.889. The van der Waals surface area contributed by atoms with Crippen LogP contribution < -0.4 is 10.1 Å². The van der Waals surface area contributed by atoms with E-state index in [2.05, 4.69) is 34.2 Å². The summed E-state index contributed by atoms with van der Waals surface area (Å²) in [6, 6.07) is 2.15. The van der Waals surface area contributed by atoms with E-state index in [1.807, 2.05) is 0 Å². The molecule has 4 heteroatoms. The van der Waals surface area contributed by atoms with Crippen LogP contribution in [0, 0.1) is 0 Å². The molecule has 0 aliphatic heterocycles. The number of rotatable bonds is 5. The lowest BCUT2D eigenvalue weighted by Gasteiger charge is -2.42. The van der Waals surface area contributed by atoms with E-state index in [1.54, 1.807) is 18.4 Å². The SMILES string of the molecule is CCC1(NCc2cc(Br)c(OC)s2)CCC1. The molecule has 1 aliphatic carbocycles. The van der Waals surface area contributed by atoms with E-state index in [0.29, 0.717) is 5.54 Å². The summed E-state index contributed by atoms with van der Waals surface area (Å²) in [4.78, 5) is 1.34. The minimum absolute atomic E-state index is 0.420. The van der Waals surface area contributed by atoms with Crippen LogP contribution >= 0.6 is 27.3 Å². The highest BCUT2D eigenvalue weighted by molar-refractivity contribution is 9.10. The second-order valence-corrected chi connectivity index (χ2v) is 6.35. The molecule has 0 spiro atoms. The van der Waals surface area contributed by atoms with Crippen LogP contribution in [-0.4, -0.2) is 12.6 Å². The smallest absolute Gasteiger partial charge is 0.188 e. The summed E-state index contributed by atoms with van der Waals surface area (Å²) in [5.41, 5.74) is 0.420. The second kappa shape index (κ2) is 5.07. The van der Waals surface area contributed by atoms with Crippen LogP contribution in [0.3, 0.4) is 0 Å². The van der Waals surface area contributed by atoms with Crippen LogP contribution in [0.4, 0.5) is 0 Å². The Balaban J connectivity index is 1.93. The zero-order valence-corrected chi connectivity index (χ0v) is 12.2. The topological polar surface area (TPSA) is 21.3 Å². The Bertz CT molecular complexity index is 354. The normalized spacial score (nSPS) is 18.2. The summed E-state index contributed by atoms with van der Waals surface area (Å²) < 4.78 is 6.33. The van der Waals surface area contributed by atoms with Crippen LogP contribution in [-0.2, 0) is 6.54 Å². The van der Waals surface area contributed by atoms with Gasteiger partial charge in [0, 0.05) is 17.0 Å². The van der Waals surface area contributed by atoms with Crippen LogP contribution in [0.15, 0.2) is 10.5 Å². The Hall–Kier alpha value is -0.0600. The first-order chi connectivity index (χ1) is 7.69. The van der Waals surface area contributed by atoms with Crippen molar-refractivity contribution in [2.75, 3.05) is 7.11 Å². The van der Waals surface area contributed by atoms with E-state index in [4.69, 9.17) is 4.74 Å². The van der Waals surface area contributed by atoms with Gasteiger partial charge in [-0.1, -0.05) is 6.92 Å². The molecule has 1 aliphatic rings. The Morgan fingerprint density at radius 1 is 1.56 bits per heavy atom. The predicted octanol–water partition coefficient (Wildman–Crippen LogP) is 3.94. The van der Waals surface area contributed by atoms with Gasteiger partial charge in [0.15, 0.2) is 5.06 Å². The van der Waals surface area contributed by atoms with E-state index in [0.717, 1.165) is 16.1 Å². The van der Waals surface area contributed by atoms with E-state index in [-0.39, 0.29) is 0 Å². The molecule has 0 bridgehead atoms. The van der Waals surface area contributed by atoms with Crippen molar-refractivity contribution in [1.82, 2.24) is 5.32 Å². The first kappa shape index (κ1) is 12.4. The highest BCUT2D eigenvalue weighted by Crippen LogP contribution is 2.37. The first-order valence-corrected chi connectivity index (χ1v) is 7.37. The average Bonchev–Trinajstić information content (AvgIpc) is 2.58.